The van der Waals surface area contributed by atoms with Gasteiger partial charge in [0.15, 0.2) is 0 Å². The van der Waals surface area contributed by atoms with Crippen LogP contribution in [0.25, 0.3) is 0 Å². The minimum atomic E-state index is 0.195. The number of hydrogen-bond acceptors (Lipinski definition) is 3. The fourth-order valence-electron chi connectivity index (χ4n) is 4.66. The van der Waals surface area contributed by atoms with Crippen LogP contribution in [0.1, 0.15) is 51.4 Å². The van der Waals surface area contributed by atoms with Crippen molar-refractivity contribution in [3.63, 3.8) is 0 Å². The molecule has 2 saturated heterocycles. The van der Waals surface area contributed by atoms with Gasteiger partial charge in [-0.1, -0.05) is 19.3 Å². The third-order valence-electron chi connectivity index (χ3n) is 6.22. The molecule has 1 N–H and O–H groups in total. The van der Waals surface area contributed by atoms with Crippen LogP contribution in [-0.4, -0.2) is 65.1 Å². The van der Waals surface area contributed by atoms with Gasteiger partial charge < -0.3 is 15.1 Å². The van der Waals surface area contributed by atoms with Crippen molar-refractivity contribution in [2.75, 3.05) is 38.5 Å². The first kappa shape index (κ1) is 16.1. The number of rotatable bonds is 3. The maximum atomic E-state index is 12.6. The molecule has 0 aromatic heterocycles. The molecule has 2 heterocycles. The number of nitrogens with one attached hydrogen (secondary N) is 1. The van der Waals surface area contributed by atoms with Crippen molar-refractivity contribution in [2.24, 2.45) is 5.92 Å². The lowest BCUT2D eigenvalue weighted by Crippen LogP contribution is -2.53. The van der Waals surface area contributed by atoms with Gasteiger partial charge >= 0.3 is 6.03 Å². The molecule has 4 aliphatic rings. The maximum absolute atomic E-state index is 12.6. The third kappa shape index (κ3) is 3.81. The highest BCUT2D eigenvalue weighted by atomic mass is 32.2. The van der Waals surface area contributed by atoms with Crippen molar-refractivity contribution in [2.45, 2.75) is 62.2 Å². The lowest BCUT2D eigenvalue weighted by Gasteiger charge is -2.44. The van der Waals surface area contributed by atoms with Crippen LogP contribution >= 0.6 is 11.8 Å². The van der Waals surface area contributed by atoms with Gasteiger partial charge in [-0.05, 0) is 44.6 Å². The second-order valence-electron chi connectivity index (χ2n) is 8.08. The number of carbonyl (C=O) groups is 1. The molecule has 1 spiro atoms. The lowest BCUT2D eigenvalue weighted by molar-refractivity contribution is 0.183. The van der Waals surface area contributed by atoms with E-state index in [1.165, 1.54) is 64.5 Å². The molecule has 0 radical (unpaired) electrons. The van der Waals surface area contributed by atoms with Gasteiger partial charge in [0.05, 0.1) is 0 Å². The topological polar surface area (TPSA) is 35.6 Å². The second-order valence-corrected chi connectivity index (χ2v) is 9.64. The Balaban J connectivity index is 1.24. The standard InChI is InChI=1S/C18H31N3OS/c22-17(19-12-15-6-9-20(13-15)16-4-5-16)21-10-11-23-18(14-21)7-2-1-3-8-18/h15-16H,1-14H2,(H,19,22). The molecule has 23 heavy (non-hydrogen) atoms. The van der Waals surface area contributed by atoms with Gasteiger partial charge in [0, 0.05) is 42.7 Å². The fourth-order valence-corrected chi connectivity index (χ4v) is 6.23. The van der Waals surface area contributed by atoms with Gasteiger partial charge in [-0.15, -0.1) is 0 Å². The van der Waals surface area contributed by atoms with E-state index in [0.717, 1.165) is 31.4 Å². The Morgan fingerprint density at radius 3 is 2.74 bits per heavy atom. The molecule has 1 atom stereocenters. The highest BCUT2D eigenvalue weighted by molar-refractivity contribution is 8.00. The van der Waals surface area contributed by atoms with Gasteiger partial charge in [0.25, 0.3) is 0 Å². The first-order valence-corrected chi connectivity index (χ1v) is 10.6. The van der Waals surface area contributed by atoms with E-state index in [1.807, 2.05) is 0 Å². The largest absolute Gasteiger partial charge is 0.338 e. The summed E-state index contributed by atoms with van der Waals surface area (Å²) in [6, 6.07) is 1.07. The first-order valence-electron chi connectivity index (χ1n) is 9.65. The third-order valence-corrected chi connectivity index (χ3v) is 7.76. The minimum Gasteiger partial charge on any atom is -0.338 e. The molecule has 2 aliphatic carbocycles. The van der Waals surface area contributed by atoms with E-state index in [-0.39, 0.29) is 6.03 Å². The fraction of sp³-hybridized carbons (Fsp3) is 0.944. The smallest absolute Gasteiger partial charge is 0.317 e. The summed E-state index contributed by atoms with van der Waals surface area (Å²) in [7, 11) is 0. The number of urea groups is 1. The number of nitrogens with zero attached hydrogens (tertiary/aromatic N) is 2. The van der Waals surface area contributed by atoms with Crippen molar-refractivity contribution >= 4 is 17.8 Å². The van der Waals surface area contributed by atoms with Crippen LogP contribution in [0.15, 0.2) is 0 Å². The van der Waals surface area contributed by atoms with Crippen LogP contribution in [0.4, 0.5) is 4.79 Å². The zero-order valence-corrected chi connectivity index (χ0v) is 15.1. The highest BCUT2D eigenvalue weighted by Crippen LogP contribution is 2.42. The van der Waals surface area contributed by atoms with Crippen molar-refractivity contribution in [3.8, 4) is 0 Å². The lowest BCUT2D eigenvalue weighted by atomic mass is 9.87. The molecule has 4 fully saturated rings. The zero-order valence-electron chi connectivity index (χ0n) is 14.3. The van der Waals surface area contributed by atoms with Crippen LogP contribution < -0.4 is 5.32 Å². The summed E-state index contributed by atoms with van der Waals surface area (Å²) in [5.74, 6) is 1.79. The van der Waals surface area contributed by atoms with E-state index in [4.69, 9.17) is 0 Å². The Morgan fingerprint density at radius 1 is 1.13 bits per heavy atom. The van der Waals surface area contributed by atoms with Gasteiger partial charge in [-0.25, -0.2) is 4.79 Å². The molecule has 1 unspecified atom stereocenters. The Kier molecular flexibility index (Phi) is 4.77. The second kappa shape index (κ2) is 6.83. The molecule has 2 aliphatic heterocycles. The van der Waals surface area contributed by atoms with Gasteiger partial charge in [0.2, 0.25) is 0 Å². The summed E-state index contributed by atoms with van der Waals surface area (Å²) in [6.07, 6.45) is 10.7. The average molecular weight is 338 g/mol. The Bertz CT molecular complexity index is 428. The summed E-state index contributed by atoms with van der Waals surface area (Å²) < 4.78 is 0.379. The molecule has 2 amide bonds. The van der Waals surface area contributed by atoms with Crippen molar-refractivity contribution in [1.82, 2.24) is 15.1 Å². The highest BCUT2D eigenvalue weighted by Gasteiger charge is 2.39. The predicted octanol–water partition coefficient (Wildman–Crippen LogP) is 2.93. The zero-order chi connectivity index (χ0) is 15.7. The monoisotopic (exact) mass is 337 g/mol. The van der Waals surface area contributed by atoms with Gasteiger partial charge in [-0.3, -0.25) is 0 Å². The summed E-state index contributed by atoms with van der Waals surface area (Å²) in [4.78, 5) is 17.3. The Hall–Kier alpha value is -0.420. The minimum absolute atomic E-state index is 0.195. The average Bonchev–Trinajstić information content (AvgIpc) is 3.32. The molecule has 4 rings (SSSR count). The molecule has 0 aromatic carbocycles. The van der Waals surface area contributed by atoms with Crippen LogP contribution in [0.3, 0.4) is 0 Å². The van der Waals surface area contributed by atoms with E-state index in [1.54, 1.807) is 0 Å². The number of thioether (sulfide) groups is 1. The van der Waals surface area contributed by atoms with Crippen LogP contribution in [0, 0.1) is 5.92 Å². The predicted molar refractivity (Wildman–Crippen MR) is 95.9 cm³/mol. The molecular weight excluding hydrogens is 306 g/mol. The van der Waals surface area contributed by atoms with E-state index in [0.29, 0.717) is 10.7 Å². The number of likely N-dealkylation sites (tertiary alicyclic amines) is 1. The van der Waals surface area contributed by atoms with Crippen LogP contribution in [0.5, 0.6) is 0 Å². The van der Waals surface area contributed by atoms with E-state index < -0.39 is 0 Å². The summed E-state index contributed by atoms with van der Waals surface area (Å²) in [5, 5.41) is 3.25. The Labute approximate surface area is 144 Å². The molecule has 0 bridgehead atoms. The van der Waals surface area contributed by atoms with Crippen molar-refractivity contribution in [3.05, 3.63) is 0 Å². The van der Waals surface area contributed by atoms with E-state index in [9.17, 15) is 4.79 Å². The quantitative estimate of drug-likeness (QED) is 0.860. The van der Waals surface area contributed by atoms with Crippen LogP contribution in [0.2, 0.25) is 0 Å². The summed E-state index contributed by atoms with van der Waals surface area (Å²) >= 11 is 2.13. The summed E-state index contributed by atoms with van der Waals surface area (Å²) in [6.45, 7) is 5.22. The van der Waals surface area contributed by atoms with E-state index in [2.05, 4.69) is 26.9 Å². The first-order chi connectivity index (χ1) is 11.2. The maximum Gasteiger partial charge on any atom is 0.317 e. The molecule has 2 saturated carbocycles. The number of carbonyl (C=O) groups excluding carboxylic acids is 1. The van der Waals surface area contributed by atoms with Gasteiger partial charge in [-0.2, -0.15) is 11.8 Å². The molecule has 0 aromatic rings. The Morgan fingerprint density at radius 2 is 1.96 bits per heavy atom. The molecule has 5 heteroatoms. The molecule has 130 valence electrons. The van der Waals surface area contributed by atoms with Crippen molar-refractivity contribution in [1.29, 1.82) is 0 Å². The molecular formula is C18H31N3OS. The van der Waals surface area contributed by atoms with Gasteiger partial charge in [0.1, 0.15) is 0 Å². The summed E-state index contributed by atoms with van der Waals surface area (Å²) in [5.41, 5.74) is 0. The molecule has 4 nitrogen and oxygen atoms in total. The number of amides is 2. The van der Waals surface area contributed by atoms with E-state index >= 15 is 0 Å². The van der Waals surface area contributed by atoms with Crippen molar-refractivity contribution < 1.29 is 4.79 Å². The normalized spacial score (nSPS) is 31.5. The SMILES string of the molecule is O=C(NCC1CCN(C2CC2)C1)N1CCSC2(CCCCC2)C1. The van der Waals surface area contributed by atoms with Crippen LogP contribution in [-0.2, 0) is 0 Å². The number of hydrogen-bond donors (Lipinski definition) is 1.